The van der Waals surface area contributed by atoms with Crippen LogP contribution in [0.15, 0.2) is 51.1 Å². The lowest BCUT2D eigenvalue weighted by Gasteiger charge is -2.28. The van der Waals surface area contributed by atoms with Gasteiger partial charge in [0.2, 0.25) is 5.95 Å². The number of aryl methyl sites for hydroxylation is 1. The summed E-state index contributed by atoms with van der Waals surface area (Å²) in [6.07, 6.45) is 3.73. The van der Waals surface area contributed by atoms with Crippen molar-refractivity contribution in [2.24, 2.45) is 12.1 Å². The predicted molar refractivity (Wildman–Crippen MR) is 116 cm³/mol. The Morgan fingerprint density at radius 1 is 1.17 bits per heavy atom. The molecule has 0 amide bonds. The van der Waals surface area contributed by atoms with Gasteiger partial charge in [-0.05, 0) is 26.3 Å². The van der Waals surface area contributed by atoms with Crippen LogP contribution in [0.1, 0.15) is 32.4 Å². The van der Waals surface area contributed by atoms with Gasteiger partial charge in [-0.25, -0.2) is 9.80 Å². The first-order valence-corrected chi connectivity index (χ1v) is 9.70. The van der Waals surface area contributed by atoms with Gasteiger partial charge >= 0.3 is 5.69 Å². The Kier molecular flexibility index (Phi) is 4.70. The lowest BCUT2D eigenvalue weighted by molar-refractivity contribution is 0.635. The van der Waals surface area contributed by atoms with E-state index in [0.717, 1.165) is 11.3 Å². The third kappa shape index (κ3) is 3.00. The van der Waals surface area contributed by atoms with Crippen LogP contribution in [0.2, 0.25) is 0 Å². The van der Waals surface area contributed by atoms with Crippen LogP contribution in [0.4, 0.5) is 5.95 Å². The number of rotatable bonds is 4. The van der Waals surface area contributed by atoms with Gasteiger partial charge in [-0.3, -0.25) is 18.5 Å². The Balaban J connectivity index is 1.87. The van der Waals surface area contributed by atoms with Gasteiger partial charge in [0.15, 0.2) is 11.2 Å². The molecular weight excluding hydrogens is 368 g/mol. The van der Waals surface area contributed by atoms with E-state index in [4.69, 9.17) is 0 Å². The summed E-state index contributed by atoms with van der Waals surface area (Å²) in [5, 5.41) is 6.33. The van der Waals surface area contributed by atoms with Crippen LogP contribution in [0.3, 0.4) is 0 Å². The summed E-state index contributed by atoms with van der Waals surface area (Å²) in [4.78, 5) is 30.8. The summed E-state index contributed by atoms with van der Waals surface area (Å²) in [5.41, 5.74) is 1.99. The molecule has 8 nitrogen and oxygen atoms in total. The van der Waals surface area contributed by atoms with E-state index in [-0.39, 0.29) is 23.8 Å². The van der Waals surface area contributed by atoms with Crippen molar-refractivity contribution in [1.29, 1.82) is 0 Å². The standard InChI is InChI=1S/C21H24N6O2/c1-5-26-20-22-18-17(27(20)15(3)14(2)23-26)19(28)25(21(29)24(18)4)13-9-12-16-10-7-6-8-11-16/h6-12,15H,5,13H2,1-4H3/b12-9+. The lowest BCUT2D eigenvalue weighted by Crippen LogP contribution is -2.40. The first kappa shape index (κ1) is 18.9. The molecule has 0 radical (unpaired) electrons. The minimum absolute atomic E-state index is 0.115. The molecule has 1 aliphatic heterocycles. The van der Waals surface area contributed by atoms with E-state index in [1.54, 1.807) is 12.1 Å². The van der Waals surface area contributed by atoms with Crippen LogP contribution in [0, 0.1) is 0 Å². The molecule has 2 aromatic heterocycles. The van der Waals surface area contributed by atoms with Gasteiger partial charge in [-0.1, -0.05) is 42.5 Å². The number of allylic oxidation sites excluding steroid dienone is 1. The minimum Gasteiger partial charge on any atom is -0.294 e. The first-order chi connectivity index (χ1) is 13.9. The summed E-state index contributed by atoms with van der Waals surface area (Å²) >= 11 is 0. The van der Waals surface area contributed by atoms with Crippen LogP contribution < -0.4 is 16.3 Å². The number of hydrogen-bond acceptors (Lipinski definition) is 5. The van der Waals surface area contributed by atoms with Crippen LogP contribution in [-0.2, 0) is 13.6 Å². The molecule has 3 heterocycles. The number of aromatic nitrogens is 4. The van der Waals surface area contributed by atoms with Gasteiger partial charge in [0.1, 0.15) is 0 Å². The van der Waals surface area contributed by atoms with Crippen LogP contribution >= 0.6 is 0 Å². The highest BCUT2D eigenvalue weighted by molar-refractivity contribution is 5.91. The molecule has 0 spiro atoms. The fraction of sp³-hybridized carbons (Fsp3) is 0.333. The zero-order valence-corrected chi connectivity index (χ0v) is 17.0. The molecule has 0 bridgehead atoms. The molecule has 1 unspecified atom stereocenters. The van der Waals surface area contributed by atoms with Gasteiger partial charge in [-0.2, -0.15) is 10.1 Å². The zero-order chi connectivity index (χ0) is 20.7. The number of nitrogens with zero attached hydrogens (tertiary/aromatic N) is 6. The summed E-state index contributed by atoms with van der Waals surface area (Å²) in [7, 11) is 1.65. The third-order valence-corrected chi connectivity index (χ3v) is 5.36. The van der Waals surface area contributed by atoms with Crippen molar-refractivity contribution in [2.45, 2.75) is 33.4 Å². The molecular formula is C21H24N6O2. The third-order valence-electron chi connectivity index (χ3n) is 5.36. The minimum atomic E-state index is -0.385. The highest BCUT2D eigenvalue weighted by Gasteiger charge is 2.29. The molecule has 0 saturated heterocycles. The fourth-order valence-electron chi connectivity index (χ4n) is 3.61. The van der Waals surface area contributed by atoms with Gasteiger partial charge in [0.05, 0.1) is 11.8 Å². The van der Waals surface area contributed by atoms with E-state index in [2.05, 4.69) is 10.1 Å². The zero-order valence-electron chi connectivity index (χ0n) is 17.0. The van der Waals surface area contributed by atoms with Crippen molar-refractivity contribution in [1.82, 2.24) is 18.7 Å². The molecule has 1 aromatic carbocycles. The second-order valence-electron chi connectivity index (χ2n) is 7.16. The number of fused-ring (bicyclic) bond motifs is 3. The average Bonchev–Trinajstić information content (AvgIpc) is 3.13. The molecule has 0 saturated carbocycles. The Morgan fingerprint density at radius 3 is 2.59 bits per heavy atom. The highest BCUT2D eigenvalue weighted by Crippen LogP contribution is 2.29. The van der Waals surface area contributed by atoms with Crippen LogP contribution in [0.5, 0.6) is 0 Å². The van der Waals surface area contributed by atoms with E-state index in [9.17, 15) is 9.59 Å². The highest BCUT2D eigenvalue weighted by atomic mass is 16.2. The fourth-order valence-corrected chi connectivity index (χ4v) is 3.61. The maximum atomic E-state index is 13.3. The molecule has 0 N–H and O–H groups in total. The number of hydrazone groups is 1. The Bertz CT molecular complexity index is 1250. The summed E-state index contributed by atoms with van der Waals surface area (Å²) < 4.78 is 4.58. The molecule has 29 heavy (non-hydrogen) atoms. The van der Waals surface area contributed by atoms with Gasteiger partial charge < -0.3 is 0 Å². The van der Waals surface area contributed by atoms with Crippen molar-refractivity contribution in [2.75, 3.05) is 11.6 Å². The van der Waals surface area contributed by atoms with E-state index in [0.29, 0.717) is 23.7 Å². The maximum absolute atomic E-state index is 13.3. The first-order valence-electron chi connectivity index (χ1n) is 9.70. The largest absolute Gasteiger partial charge is 0.332 e. The number of anilines is 1. The van der Waals surface area contributed by atoms with Gasteiger partial charge in [-0.15, -0.1) is 0 Å². The number of hydrogen-bond donors (Lipinski definition) is 0. The molecule has 1 atom stereocenters. The normalized spacial score (nSPS) is 16.5. The molecule has 1 aliphatic rings. The Hall–Kier alpha value is -3.42. The van der Waals surface area contributed by atoms with Crippen molar-refractivity contribution in [3.8, 4) is 0 Å². The van der Waals surface area contributed by atoms with E-state index in [1.807, 2.05) is 67.8 Å². The van der Waals surface area contributed by atoms with Crippen LogP contribution in [-0.4, -0.2) is 30.9 Å². The van der Waals surface area contributed by atoms with E-state index < -0.39 is 0 Å². The molecule has 0 aliphatic carbocycles. The van der Waals surface area contributed by atoms with Gasteiger partial charge in [0, 0.05) is 20.1 Å². The maximum Gasteiger partial charge on any atom is 0.332 e. The van der Waals surface area contributed by atoms with Crippen molar-refractivity contribution >= 4 is 28.9 Å². The van der Waals surface area contributed by atoms with Crippen molar-refractivity contribution in [3.05, 3.63) is 62.8 Å². The summed E-state index contributed by atoms with van der Waals surface area (Å²) in [6, 6.07) is 9.66. The Labute approximate surface area is 168 Å². The second-order valence-corrected chi connectivity index (χ2v) is 7.16. The van der Waals surface area contributed by atoms with Gasteiger partial charge in [0.25, 0.3) is 5.56 Å². The van der Waals surface area contributed by atoms with Crippen molar-refractivity contribution in [3.63, 3.8) is 0 Å². The molecule has 8 heteroatoms. The van der Waals surface area contributed by atoms with Crippen LogP contribution in [0.25, 0.3) is 17.2 Å². The quantitative estimate of drug-likeness (QED) is 0.683. The second kappa shape index (κ2) is 7.20. The SMILES string of the molecule is CCN1N=C(C)C(C)n2c1nc1c2c(=O)n(C/C=C/c2ccccc2)c(=O)n1C. The molecule has 0 fully saturated rings. The average molecular weight is 392 g/mol. The van der Waals surface area contributed by atoms with E-state index >= 15 is 0 Å². The Morgan fingerprint density at radius 2 is 1.90 bits per heavy atom. The lowest BCUT2D eigenvalue weighted by atomic mass is 10.2. The number of imidazole rings is 1. The summed E-state index contributed by atoms with van der Waals surface area (Å²) in [5.74, 6) is 0.588. The molecule has 3 aromatic rings. The topological polar surface area (TPSA) is 77.4 Å². The number of benzene rings is 1. The van der Waals surface area contributed by atoms with E-state index in [1.165, 1.54) is 9.13 Å². The smallest absolute Gasteiger partial charge is 0.294 e. The van der Waals surface area contributed by atoms with Crippen molar-refractivity contribution < 1.29 is 0 Å². The molecule has 150 valence electrons. The summed E-state index contributed by atoms with van der Waals surface area (Å²) in [6.45, 7) is 6.71. The molecule has 4 rings (SSSR count). The monoisotopic (exact) mass is 392 g/mol. The predicted octanol–water partition coefficient (Wildman–Crippen LogP) is 2.39.